The molecular weight excluding hydrogens is 641 g/mol. The van der Waals surface area contributed by atoms with Crippen molar-refractivity contribution in [3.63, 3.8) is 0 Å². The SMILES string of the molecule is C1=C(c2ccc3ccccc3c2)CCC=C1c1c2ccccc2c(-c2cccc(-c3c4ccccc4cc4c3oc3ccccc34)c2)c2ccccc12. The summed E-state index contributed by atoms with van der Waals surface area (Å²) in [6.45, 7) is 0. The lowest BCUT2D eigenvalue weighted by Gasteiger charge is -2.21. The second-order valence-electron chi connectivity index (χ2n) is 14.3. The average Bonchev–Trinajstić information content (AvgIpc) is 3.59. The highest BCUT2D eigenvalue weighted by Gasteiger charge is 2.21. The largest absolute Gasteiger partial charge is 0.455 e. The van der Waals surface area contributed by atoms with Crippen LogP contribution in [0.3, 0.4) is 0 Å². The molecule has 0 aliphatic heterocycles. The van der Waals surface area contributed by atoms with Crippen molar-refractivity contribution in [2.45, 2.75) is 12.8 Å². The third-order valence-corrected chi connectivity index (χ3v) is 11.3. The Kier molecular flexibility index (Phi) is 6.75. The highest BCUT2D eigenvalue weighted by Crippen LogP contribution is 2.46. The molecule has 248 valence electrons. The molecule has 0 atom stereocenters. The van der Waals surface area contributed by atoms with Gasteiger partial charge in [-0.05, 0) is 119 Å². The van der Waals surface area contributed by atoms with Crippen molar-refractivity contribution < 1.29 is 4.42 Å². The molecule has 1 heterocycles. The van der Waals surface area contributed by atoms with Crippen molar-refractivity contribution in [3.05, 3.63) is 193 Å². The first-order valence-electron chi connectivity index (χ1n) is 18.6. The number of allylic oxidation sites excluding steroid dienone is 4. The van der Waals surface area contributed by atoms with E-state index >= 15 is 0 Å². The lowest BCUT2D eigenvalue weighted by atomic mass is 9.82. The number of rotatable bonds is 4. The molecule has 0 N–H and O–H groups in total. The summed E-state index contributed by atoms with van der Waals surface area (Å²) in [5.74, 6) is 0. The average molecular weight is 675 g/mol. The van der Waals surface area contributed by atoms with Gasteiger partial charge in [-0.2, -0.15) is 0 Å². The van der Waals surface area contributed by atoms with Gasteiger partial charge in [-0.25, -0.2) is 0 Å². The Morgan fingerprint density at radius 3 is 1.74 bits per heavy atom. The number of hydrogen-bond donors (Lipinski definition) is 0. The lowest BCUT2D eigenvalue weighted by Crippen LogP contribution is -1.97. The van der Waals surface area contributed by atoms with E-state index in [0.717, 1.165) is 45.9 Å². The van der Waals surface area contributed by atoms with E-state index in [0.29, 0.717) is 0 Å². The number of hydrogen-bond acceptors (Lipinski definition) is 1. The minimum absolute atomic E-state index is 0.914. The highest BCUT2D eigenvalue weighted by atomic mass is 16.3. The molecule has 1 aliphatic rings. The number of fused-ring (bicyclic) bond motifs is 7. The van der Waals surface area contributed by atoms with Gasteiger partial charge < -0.3 is 4.42 Å². The molecule has 0 radical (unpaired) electrons. The molecule has 1 aromatic heterocycles. The molecule has 1 nitrogen and oxygen atoms in total. The Bertz CT molecular complexity index is 3110. The summed E-state index contributed by atoms with van der Waals surface area (Å²) >= 11 is 0. The molecule has 0 fully saturated rings. The van der Waals surface area contributed by atoms with Crippen LogP contribution < -0.4 is 0 Å². The van der Waals surface area contributed by atoms with Crippen LogP contribution in [0.25, 0.3) is 98.4 Å². The molecule has 0 unspecified atom stereocenters. The van der Waals surface area contributed by atoms with Crippen LogP contribution in [0.5, 0.6) is 0 Å². The summed E-state index contributed by atoms with van der Waals surface area (Å²) in [5.41, 5.74) is 11.9. The van der Waals surface area contributed by atoms with E-state index in [-0.39, 0.29) is 0 Å². The second-order valence-corrected chi connectivity index (χ2v) is 14.3. The van der Waals surface area contributed by atoms with Crippen LogP contribution in [-0.4, -0.2) is 0 Å². The van der Waals surface area contributed by atoms with Gasteiger partial charge in [0.25, 0.3) is 0 Å². The van der Waals surface area contributed by atoms with Gasteiger partial charge in [0.2, 0.25) is 0 Å². The summed E-state index contributed by atoms with van der Waals surface area (Å²) < 4.78 is 6.67. The van der Waals surface area contributed by atoms with E-state index in [2.05, 4.69) is 176 Å². The zero-order valence-corrected chi connectivity index (χ0v) is 29.1. The van der Waals surface area contributed by atoms with Crippen LogP contribution in [0, 0.1) is 0 Å². The minimum Gasteiger partial charge on any atom is -0.455 e. The standard InChI is InChI=1S/C52H34O/c1-2-14-34-29-36(28-27-33(34)13-1)35-16-11-17-38(30-35)49-43-22-5-7-24-45(43)50(46-25-8-6-23-44(46)49)39-18-12-19-40(31-39)51-41-20-4-3-15-37(41)32-47-42-21-9-10-26-48(42)53-52(47)51/h1-10,12-15,17-32H,11,16H2. The normalized spacial score (nSPS) is 13.4. The van der Waals surface area contributed by atoms with Gasteiger partial charge in [-0.3, -0.25) is 0 Å². The summed E-state index contributed by atoms with van der Waals surface area (Å²) in [4.78, 5) is 0. The first-order valence-corrected chi connectivity index (χ1v) is 18.6. The van der Waals surface area contributed by atoms with Crippen LogP contribution in [0.2, 0.25) is 0 Å². The molecule has 11 rings (SSSR count). The Morgan fingerprint density at radius 1 is 0.377 bits per heavy atom. The molecular formula is C52H34O. The summed E-state index contributed by atoms with van der Waals surface area (Å²) in [6.07, 6.45) is 6.94. The van der Waals surface area contributed by atoms with Crippen LogP contribution >= 0.6 is 0 Å². The van der Waals surface area contributed by atoms with Gasteiger partial charge in [0.05, 0.1) is 0 Å². The molecule has 9 aromatic carbocycles. The van der Waals surface area contributed by atoms with Crippen molar-refractivity contribution in [3.8, 4) is 22.3 Å². The maximum absolute atomic E-state index is 6.67. The molecule has 53 heavy (non-hydrogen) atoms. The predicted octanol–water partition coefficient (Wildman–Crippen LogP) is 14.8. The first kappa shape index (κ1) is 30.0. The molecule has 1 heteroatoms. The predicted molar refractivity (Wildman–Crippen MR) is 226 cm³/mol. The fraction of sp³-hybridized carbons (Fsp3) is 0.0385. The maximum atomic E-state index is 6.67. The Hall–Kier alpha value is -6.70. The van der Waals surface area contributed by atoms with Crippen molar-refractivity contribution in [1.82, 2.24) is 0 Å². The Balaban J connectivity index is 1.13. The van der Waals surface area contributed by atoms with Crippen LogP contribution in [0.4, 0.5) is 0 Å². The van der Waals surface area contributed by atoms with E-state index in [9.17, 15) is 0 Å². The fourth-order valence-electron chi connectivity index (χ4n) is 8.88. The third-order valence-electron chi connectivity index (χ3n) is 11.3. The summed E-state index contributed by atoms with van der Waals surface area (Å²) in [5, 5.41) is 12.3. The zero-order chi connectivity index (χ0) is 34.9. The maximum Gasteiger partial charge on any atom is 0.143 e. The van der Waals surface area contributed by atoms with Gasteiger partial charge >= 0.3 is 0 Å². The number of furan rings is 1. The number of para-hydroxylation sites is 1. The molecule has 0 saturated carbocycles. The topological polar surface area (TPSA) is 13.1 Å². The third kappa shape index (κ3) is 4.78. The van der Waals surface area contributed by atoms with Gasteiger partial charge in [-0.15, -0.1) is 0 Å². The lowest BCUT2D eigenvalue weighted by molar-refractivity contribution is 0.670. The summed E-state index contributed by atoms with van der Waals surface area (Å²) in [6, 6.07) is 62.0. The van der Waals surface area contributed by atoms with E-state index < -0.39 is 0 Å². The molecule has 0 amide bonds. The molecule has 0 saturated heterocycles. The second kappa shape index (κ2) is 11.9. The number of benzene rings is 9. The smallest absolute Gasteiger partial charge is 0.143 e. The molecule has 1 aliphatic carbocycles. The van der Waals surface area contributed by atoms with Crippen LogP contribution in [0.1, 0.15) is 24.0 Å². The van der Waals surface area contributed by atoms with Crippen molar-refractivity contribution in [2.75, 3.05) is 0 Å². The molecule has 0 spiro atoms. The Morgan fingerprint density at radius 2 is 0.981 bits per heavy atom. The fourth-order valence-corrected chi connectivity index (χ4v) is 8.88. The van der Waals surface area contributed by atoms with Gasteiger partial charge in [0.1, 0.15) is 11.2 Å². The molecule has 0 bridgehead atoms. The molecule has 10 aromatic rings. The van der Waals surface area contributed by atoms with Crippen molar-refractivity contribution in [1.29, 1.82) is 0 Å². The monoisotopic (exact) mass is 674 g/mol. The quantitative estimate of drug-likeness (QED) is 0.169. The van der Waals surface area contributed by atoms with Crippen molar-refractivity contribution >= 4 is 76.2 Å². The van der Waals surface area contributed by atoms with Gasteiger partial charge in [0.15, 0.2) is 0 Å². The minimum atomic E-state index is 0.914. The van der Waals surface area contributed by atoms with Gasteiger partial charge in [-0.1, -0.05) is 158 Å². The van der Waals surface area contributed by atoms with Crippen LogP contribution in [0.15, 0.2) is 186 Å². The van der Waals surface area contributed by atoms with E-state index in [1.807, 2.05) is 6.07 Å². The van der Waals surface area contributed by atoms with E-state index in [1.54, 1.807) is 0 Å². The first-order chi connectivity index (χ1) is 26.3. The van der Waals surface area contributed by atoms with Gasteiger partial charge in [0, 0.05) is 16.3 Å². The van der Waals surface area contributed by atoms with E-state index in [1.165, 1.54) is 76.5 Å². The summed E-state index contributed by atoms with van der Waals surface area (Å²) in [7, 11) is 0. The van der Waals surface area contributed by atoms with E-state index in [4.69, 9.17) is 4.42 Å². The van der Waals surface area contributed by atoms with Crippen LogP contribution in [-0.2, 0) is 0 Å². The Labute approximate surface area is 307 Å². The zero-order valence-electron chi connectivity index (χ0n) is 29.1. The van der Waals surface area contributed by atoms with Crippen molar-refractivity contribution in [2.24, 2.45) is 0 Å². The highest BCUT2D eigenvalue weighted by molar-refractivity contribution is 6.21.